The van der Waals surface area contributed by atoms with Crippen LogP contribution in [0.1, 0.15) is 56.0 Å². The quantitative estimate of drug-likeness (QED) is 0.621. The molecule has 0 bridgehead atoms. The van der Waals surface area contributed by atoms with Crippen LogP contribution in [0.5, 0.6) is 0 Å². The minimum Gasteiger partial charge on any atom is -0.315 e. The number of amides is 1. The Hall–Kier alpha value is -1.51. The first-order chi connectivity index (χ1) is 14.8. The maximum absolute atomic E-state index is 12.9. The van der Waals surface area contributed by atoms with Crippen LogP contribution >= 0.6 is 11.3 Å². The second-order valence-corrected chi connectivity index (χ2v) is 11.1. The van der Waals surface area contributed by atoms with Crippen LogP contribution in [0.25, 0.3) is 0 Å². The molecule has 1 aromatic rings. The first-order valence-electron chi connectivity index (χ1n) is 11.2. The van der Waals surface area contributed by atoms with E-state index in [1.807, 2.05) is 25.7 Å². The molecule has 2 heterocycles. The van der Waals surface area contributed by atoms with E-state index in [1.165, 1.54) is 31.2 Å². The molecule has 1 atom stereocenters. The fourth-order valence-electron chi connectivity index (χ4n) is 4.37. The SMILES string of the molecule is CCN(CC)S(=O)(=O)N1CCN(C(C)C(=O)Nc2sc3c(c2C#N)CCCCC3)CC1. The highest BCUT2D eigenvalue weighted by Gasteiger charge is 2.33. The van der Waals surface area contributed by atoms with E-state index in [4.69, 9.17) is 0 Å². The first kappa shape index (κ1) is 24.1. The van der Waals surface area contributed by atoms with Crippen LogP contribution in [0.15, 0.2) is 0 Å². The largest absolute Gasteiger partial charge is 0.315 e. The van der Waals surface area contributed by atoms with Gasteiger partial charge in [-0.1, -0.05) is 20.3 Å². The van der Waals surface area contributed by atoms with E-state index in [1.54, 1.807) is 0 Å². The van der Waals surface area contributed by atoms with E-state index in [-0.39, 0.29) is 5.91 Å². The van der Waals surface area contributed by atoms with Gasteiger partial charge in [0.25, 0.3) is 10.2 Å². The summed E-state index contributed by atoms with van der Waals surface area (Å²) in [4.78, 5) is 16.2. The Morgan fingerprint density at radius 2 is 1.81 bits per heavy atom. The number of piperazine rings is 1. The number of hydrogen-bond donors (Lipinski definition) is 1. The van der Waals surface area contributed by atoms with Gasteiger partial charge in [-0.2, -0.15) is 22.3 Å². The molecule has 3 rings (SSSR count). The van der Waals surface area contributed by atoms with Gasteiger partial charge in [-0.25, -0.2) is 0 Å². The predicted octanol–water partition coefficient (Wildman–Crippen LogP) is 2.42. The van der Waals surface area contributed by atoms with E-state index < -0.39 is 16.3 Å². The summed E-state index contributed by atoms with van der Waals surface area (Å²) in [5, 5.41) is 13.3. The Bertz CT molecular complexity index is 926. The third kappa shape index (κ3) is 5.12. The number of nitrogens with zero attached hydrogens (tertiary/aromatic N) is 4. The number of carbonyl (C=O) groups is 1. The normalized spacial score (nSPS) is 19.5. The summed E-state index contributed by atoms with van der Waals surface area (Å²) in [5.41, 5.74) is 1.74. The summed E-state index contributed by atoms with van der Waals surface area (Å²) in [7, 11) is -3.45. The number of aryl methyl sites for hydroxylation is 1. The lowest BCUT2D eigenvalue weighted by Gasteiger charge is -2.38. The Morgan fingerprint density at radius 1 is 1.16 bits per heavy atom. The molecule has 1 aliphatic heterocycles. The minimum atomic E-state index is -3.45. The van der Waals surface area contributed by atoms with Gasteiger partial charge >= 0.3 is 0 Å². The molecule has 1 N–H and O–H groups in total. The molecule has 8 nitrogen and oxygen atoms in total. The third-order valence-electron chi connectivity index (χ3n) is 6.33. The molecule has 1 unspecified atom stereocenters. The fraction of sp³-hybridized carbons (Fsp3) is 0.714. The number of rotatable bonds is 7. The van der Waals surface area contributed by atoms with Crippen LogP contribution in [0, 0.1) is 11.3 Å². The molecule has 172 valence electrons. The molecule has 1 aliphatic carbocycles. The number of hydrogen-bond acceptors (Lipinski definition) is 6. The van der Waals surface area contributed by atoms with Crippen molar-refractivity contribution in [2.45, 2.75) is 58.9 Å². The summed E-state index contributed by atoms with van der Waals surface area (Å²) in [5.74, 6) is -0.145. The van der Waals surface area contributed by atoms with E-state index in [0.717, 1.165) is 31.2 Å². The Morgan fingerprint density at radius 3 is 2.42 bits per heavy atom. The van der Waals surface area contributed by atoms with Crippen LogP contribution in [0.2, 0.25) is 0 Å². The molecular weight excluding hydrogens is 434 g/mol. The standard InChI is InChI=1S/C21H33N5O3S2/c1-4-25(5-2)31(28,29)26-13-11-24(12-14-26)16(3)20(27)23-21-18(15-22)17-9-7-6-8-10-19(17)30-21/h16H,4-14H2,1-3H3,(H,23,27). The molecule has 1 fully saturated rings. The smallest absolute Gasteiger partial charge is 0.282 e. The highest BCUT2D eigenvalue weighted by Crippen LogP contribution is 2.37. The van der Waals surface area contributed by atoms with Gasteiger partial charge in [0.2, 0.25) is 5.91 Å². The Labute approximate surface area is 190 Å². The molecule has 1 amide bonds. The van der Waals surface area contributed by atoms with Crippen molar-refractivity contribution in [3.63, 3.8) is 0 Å². The Balaban J connectivity index is 1.63. The molecule has 1 aromatic heterocycles. The molecule has 0 spiro atoms. The monoisotopic (exact) mass is 467 g/mol. The number of thiophene rings is 1. The minimum absolute atomic E-state index is 0.145. The molecule has 31 heavy (non-hydrogen) atoms. The molecule has 0 saturated carbocycles. The van der Waals surface area contributed by atoms with Gasteiger partial charge in [0.05, 0.1) is 11.6 Å². The van der Waals surface area contributed by atoms with Crippen molar-refractivity contribution in [2.75, 3.05) is 44.6 Å². The van der Waals surface area contributed by atoms with Crippen molar-refractivity contribution in [3.8, 4) is 6.07 Å². The van der Waals surface area contributed by atoms with E-state index in [9.17, 15) is 18.5 Å². The van der Waals surface area contributed by atoms with E-state index in [0.29, 0.717) is 49.8 Å². The van der Waals surface area contributed by atoms with Crippen molar-refractivity contribution in [3.05, 3.63) is 16.0 Å². The number of fused-ring (bicyclic) bond motifs is 1. The van der Waals surface area contributed by atoms with E-state index >= 15 is 0 Å². The van der Waals surface area contributed by atoms with Gasteiger partial charge in [-0.3, -0.25) is 9.69 Å². The van der Waals surface area contributed by atoms with Gasteiger partial charge in [-0.05, 0) is 38.2 Å². The van der Waals surface area contributed by atoms with Gasteiger partial charge in [0.1, 0.15) is 11.1 Å². The van der Waals surface area contributed by atoms with Gasteiger partial charge in [-0.15, -0.1) is 11.3 Å². The van der Waals surface area contributed by atoms with Crippen LogP contribution in [0.4, 0.5) is 5.00 Å². The summed E-state index contributed by atoms with van der Waals surface area (Å²) >= 11 is 1.54. The summed E-state index contributed by atoms with van der Waals surface area (Å²) in [6.07, 6.45) is 5.28. The molecular formula is C21H33N5O3S2. The lowest BCUT2D eigenvalue weighted by Crippen LogP contribution is -2.56. The second-order valence-electron chi connectivity index (χ2n) is 8.07. The van der Waals surface area contributed by atoms with Crippen molar-refractivity contribution in [2.24, 2.45) is 0 Å². The summed E-state index contributed by atoms with van der Waals surface area (Å²) < 4.78 is 28.4. The molecule has 2 aliphatic rings. The van der Waals surface area contributed by atoms with Crippen molar-refractivity contribution < 1.29 is 13.2 Å². The van der Waals surface area contributed by atoms with Gasteiger partial charge < -0.3 is 5.32 Å². The van der Waals surface area contributed by atoms with Gasteiger partial charge in [0, 0.05) is 44.1 Å². The maximum Gasteiger partial charge on any atom is 0.282 e. The topological polar surface area (TPSA) is 96.8 Å². The lowest BCUT2D eigenvalue weighted by molar-refractivity contribution is -0.121. The zero-order valence-electron chi connectivity index (χ0n) is 18.7. The molecule has 10 heteroatoms. The van der Waals surface area contributed by atoms with E-state index in [2.05, 4.69) is 11.4 Å². The van der Waals surface area contributed by atoms with Gasteiger partial charge in [0.15, 0.2) is 0 Å². The predicted molar refractivity (Wildman–Crippen MR) is 123 cm³/mol. The van der Waals surface area contributed by atoms with Crippen molar-refractivity contribution in [1.29, 1.82) is 5.26 Å². The zero-order valence-corrected chi connectivity index (χ0v) is 20.3. The fourth-order valence-corrected chi connectivity index (χ4v) is 7.21. The average molecular weight is 468 g/mol. The van der Waals surface area contributed by atoms with Crippen LogP contribution in [0.3, 0.4) is 0 Å². The summed E-state index contributed by atoms with van der Waals surface area (Å²) in [6.45, 7) is 8.15. The average Bonchev–Trinajstić information content (AvgIpc) is 2.92. The highest BCUT2D eigenvalue weighted by atomic mass is 32.2. The second kappa shape index (κ2) is 10.4. The number of nitriles is 1. The summed E-state index contributed by atoms with van der Waals surface area (Å²) in [6, 6.07) is 1.91. The highest BCUT2D eigenvalue weighted by molar-refractivity contribution is 7.86. The Kier molecular flexibility index (Phi) is 8.10. The zero-order chi connectivity index (χ0) is 22.6. The number of carbonyl (C=O) groups excluding carboxylic acids is 1. The van der Waals surface area contributed by atoms with Crippen molar-refractivity contribution in [1.82, 2.24) is 13.5 Å². The number of nitrogens with one attached hydrogen (secondary N) is 1. The molecule has 0 aromatic carbocycles. The third-order valence-corrected chi connectivity index (χ3v) is 9.72. The lowest BCUT2D eigenvalue weighted by atomic mass is 10.1. The molecule has 0 radical (unpaired) electrons. The number of anilines is 1. The maximum atomic E-state index is 12.9. The molecule has 1 saturated heterocycles. The van der Waals surface area contributed by atoms with Crippen LogP contribution < -0.4 is 5.32 Å². The van der Waals surface area contributed by atoms with Crippen LogP contribution in [-0.4, -0.2) is 73.1 Å². The van der Waals surface area contributed by atoms with Crippen LogP contribution in [-0.2, 0) is 27.8 Å². The first-order valence-corrected chi connectivity index (χ1v) is 13.4. The van der Waals surface area contributed by atoms with Crippen molar-refractivity contribution >= 4 is 32.5 Å².